The quantitative estimate of drug-likeness (QED) is 0.609. The lowest BCUT2D eigenvalue weighted by molar-refractivity contribution is -0.118. The lowest BCUT2D eigenvalue weighted by Crippen LogP contribution is -2.30. The Kier molecular flexibility index (Phi) is 2.25. The summed E-state index contributed by atoms with van der Waals surface area (Å²) in [5.41, 5.74) is 2.00. The van der Waals surface area contributed by atoms with Gasteiger partial charge in [0.05, 0.1) is 5.57 Å². The summed E-state index contributed by atoms with van der Waals surface area (Å²) in [5, 5.41) is 0. The molecule has 0 saturated heterocycles. The van der Waals surface area contributed by atoms with Gasteiger partial charge in [0.15, 0.2) is 5.78 Å². The molecule has 2 aliphatic rings. The van der Waals surface area contributed by atoms with Crippen LogP contribution in [-0.2, 0) is 9.53 Å². The summed E-state index contributed by atoms with van der Waals surface area (Å²) < 4.78 is 5.80. The van der Waals surface area contributed by atoms with Crippen LogP contribution >= 0.6 is 0 Å². The minimum Gasteiger partial charge on any atom is -0.490 e. The molecule has 1 aliphatic heterocycles. The Labute approximate surface area is 91.0 Å². The fourth-order valence-electron chi connectivity index (χ4n) is 2.20. The Morgan fingerprint density at radius 3 is 2.73 bits per heavy atom. The third kappa shape index (κ3) is 1.85. The second-order valence-electron chi connectivity index (χ2n) is 5.43. The molecule has 0 aromatic rings. The largest absolute Gasteiger partial charge is 0.490 e. The van der Waals surface area contributed by atoms with Crippen molar-refractivity contribution in [2.45, 2.75) is 46.6 Å². The molecule has 0 bridgehead atoms. The molecule has 1 unspecified atom stereocenters. The number of allylic oxidation sites excluding steroid dienone is 3. The van der Waals surface area contributed by atoms with Crippen molar-refractivity contribution in [3.63, 3.8) is 0 Å². The fraction of sp³-hybridized carbons (Fsp3) is 0.615. The Morgan fingerprint density at radius 1 is 1.40 bits per heavy atom. The molecule has 0 fully saturated rings. The normalized spacial score (nSPS) is 29.5. The zero-order chi connectivity index (χ0) is 11.2. The molecule has 0 N–H and O–H groups in total. The van der Waals surface area contributed by atoms with Gasteiger partial charge in [-0.2, -0.15) is 0 Å². The molecule has 0 spiro atoms. The van der Waals surface area contributed by atoms with E-state index in [2.05, 4.69) is 13.8 Å². The van der Waals surface area contributed by atoms with E-state index in [4.69, 9.17) is 4.74 Å². The van der Waals surface area contributed by atoms with E-state index in [-0.39, 0.29) is 17.3 Å². The van der Waals surface area contributed by atoms with E-state index in [0.717, 1.165) is 23.3 Å². The fourth-order valence-corrected chi connectivity index (χ4v) is 2.20. The van der Waals surface area contributed by atoms with Gasteiger partial charge in [-0.1, -0.05) is 13.8 Å². The van der Waals surface area contributed by atoms with Gasteiger partial charge in [-0.3, -0.25) is 4.79 Å². The molecule has 82 valence electrons. The van der Waals surface area contributed by atoms with Gasteiger partial charge in [0.2, 0.25) is 0 Å². The van der Waals surface area contributed by atoms with Crippen LogP contribution in [0.15, 0.2) is 23.0 Å². The van der Waals surface area contributed by atoms with Gasteiger partial charge in [-0.15, -0.1) is 0 Å². The molecule has 1 atom stereocenters. The topological polar surface area (TPSA) is 26.3 Å². The van der Waals surface area contributed by atoms with Crippen molar-refractivity contribution in [3.8, 4) is 0 Å². The molecule has 0 amide bonds. The number of carbonyl (C=O) groups is 1. The molecule has 2 nitrogen and oxygen atoms in total. The highest BCUT2D eigenvalue weighted by Gasteiger charge is 2.35. The first kappa shape index (κ1) is 10.5. The summed E-state index contributed by atoms with van der Waals surface area (Å²) in [4.78, 5) is 11.9. The summed E-state index contributed by atoms with van der Waals surface area (Å²) in [6.07, 6.45) is 3.63. The molecule has 0 aromatic carbocycles. The summed E-state index contributed by atoms with van der Waals surface area (Å²) in [7, 11) is 0. The SMILES string of the molecule is CC1=CC2=C(CC(C)(C)CC2=O)OC1C. The molecular formula is C13H18O2. The Balaban J connectivity index is 2.39. The highest BCUT2D eigenvalue weighted by molar-refractivity contribution is 6.00. The summed E-state index contributed by atoms with van der Waals surface area (Å²) >= 11 is 0. The second kappa shape index (κ2) is 3.22. The van der Waals surface area contributed by atoms with Crippen LogP contribution in [0.25, 0.3) is 0 Å². The molecule has 1 heterocycles. The van der Waals surface area contributed by atoms with Gasteiger partial charge in [-0.25, -0.2) is 0 Å². The van der Waals surface area contributed by atoms with Gasteiger partial charge in [0, 0.05) is 12.8 Å². The molecule has 0 radical (unpaired) electrons. The Morgan fingerprint density at radius 2 is 2.07 bits per heavy atom. The first-order valence-corrected chi connectivity index (χ1v) is 5.50. The number of hydrogen-bond donors (Lipinski definition) is 0. The lowest BCUT2D eigenvalue weighted by atomic mass is 9.75. The minimum absolute atomic E-state index is 0.0503. The minimum atomic E-state index is 0.0503. The maximum absolute atomic E-state index is 11.9. The highest BCUT2D eigenvalue weighted by Crippen LogP contribution is 2.40. The summed E-state index contributed by atoms with van der Waals surface area (Å²) in [6.45, 7) is 8.28. The summed E-state index contributed by atoms with van der Waals surface area (Å²) in [6, 6.07) is 0. The van der Waals surface area contributed by atoms with E-state index in [1.807, 2.05) is 19.9 Å². The first-order chi connectivity index (χ1) is 6.89. The number of hydrogen-bond acceptors (Lipinski definition) is 2. The Hall–Kier alpha value is -1.05. The smallest absolute Gasteiger partial charge is 0.166 e. The van der Waals surface area contributed by atoms with Crippen LogP contribution < -0.4 is 0 Å². The molecule has 2 rings (SSSR count). The number of ether oxygens (including phenoxy) is 1. The first-order valence-electron chi connectivity index (χ1n) is 5.50. The van der Waals surface area contributed by atoms with Crippen LogP contribution in [-0.4, -0.2) is 11.9 Å². The highest BCUT2D eigenvalue weighted by atomic mass is 16.5. The monoisotopic (exact) mass is 206 g/mol. The van der Waals surface area contributed by atoms with E-state index >= 15 is 0 Å². The number of rotatable bonds is 0. The maximum Gasteiger partial charge on any atom is 0.166 e. The summed E-state index contributed by atoms with van der Waals surface area (Å²) in [5.74, 6) is 1.13. The van der Waals surface area contributed by atoms with Crippen LogP contribution in [0.2, 0.25) is 0 Å². The Bertz CT molecular complexity index is 372. The van der Waals surface area contributed by atoms with Crippen molar-refractivity contribution in [2.24, 2.45) is 5.41 Å². The van der Waals surface area contributed by atoms with Crippen LogP contribution in [0.3, 0.4) is 0 Å². The van der Waals surface area contributed by atoms with E-state index in [1.54, 1.807) is 0 Å². The van der Waals surface area contributed by atoms with E-state index in [1.165, 1.54) is 0 Å². The van der Waals surface area contributed by atoms with Crippen molar-refractivity contribution in [3.05, 3.63) is 23.0 Å². The molecular weight excluding hydrogens is 188 g/mol. The number of Topliss-reactive ketones (excluding diaryl/α,β-unsaturated/α-hetero) is 1. The van der Waals surface area contributed by atoms with E-state index < -0.39 is 0 Å². The van der Waals surface area contributed by atoms with Crippen LogP contribution in [0, 0.1) is 5.41 Å². The van der Waals surface area contributed by atoms with Crippen molar-refractivity contribution in [1.82, 2.24) is 0 Å². The van der Waals surface area contributed by atoms with Crippen molar-refractivity contribution in [1.29, 1.82) is 0 Å². The number of carbonyl (C=O) groups excluding carboxylic acids is 1. The van der Waals surface area contributed by atoms with Crippen LogP contribution in [0.5, 0.6) is 0 Å². The maximum atomic E-state index is 11.9. The number of ketones is 1. The lowest BCUT2D eigenvalue weighted by Gasteiger charge is -2.35. The van der Waals surface area contributed by atoms with Gasteiger partial charge in [0.25, 0.3) is 0 Å². The van der Waals surface area contributed by atoms with E-state index in [0.29, 0.717) is 6.42 Å². The average Bonchev–Trinajstić information content (AvgIpc) is 2.07. The second-order valence-corrected chi connectivity index (χ2v) is 5.43. The third-order valence-corrected chi connectivity index (χ3v) is 3.21. The zero-order valence-corrected chi connectivity index (χ0v) is 9.89. The molecule has 1 aliphatic carbocycles. The zero-order valence-electron chi connectivity index (χ0n) is 9.89. The molecule has 0 aromatic heterocycles. The van der Waals surface area contributed by atoms with Gasteiger partial charge in [0.1, 0.15) is 11.9 Å². The predicted molar refractivity (Wildman–Crippen MR) is 59.4 cm³/mol. The molecule has 0 saturated carbocycles. The van der Waals surface area contributed by atoms with Crippen molar-refractivity contribution < 1.29 is 9.53 Å². The van der Waals surface area contributed by atoms with Gasteiger partial charge in [-0.05, 0) is 30.9 Å². The van der Waals surface area contributed by atoms with Crippen LogP contribution in [0.4, 0.5) is 0 Å². The molecule has 15 heavy (non-hydrogen) atoms. The predicted octanol–water partition coefficient (Wildman–Crippen LogP) is 2.99. The average molecular weight is 206 g/mol. The standard InChI is InChI=1S/C13H18O2/c1-8-5-10-11(14)6-13(3,4)7-12(10)15-9(8)2/h5,9H,6-7H2,1-4H3. The van der Waals surface area contributed by atoms with Crippen molar-refractivity contribution in [2.75, 3.05) is 0 Å². The third-order valence-electron chi connectivity index (χ3n) is 3.21. The van der Waals surface area contributed by atoms with Gasteiger partial charge < -0.3 is 4.74 Å². The molecule has 2 heteroatoms. The van der Waals surface area contributed by atoms with Gasteiger partial charge >= 0.3 is 0 Å². The van der Waals surface area contributed by atoms with Crippen LogP contribution in [0.1, 0.15) is 40.5 Å². The van der Waals surface area contributed by atoms with Crippen molar-refractivity contribution >= 4 is 5.78 Å². The van der Waals surface area contributed by atoms with E-state index in [9.17, 15) is 4.79 Å².